The Morgan fingerprint density at radius 2 is 1.69 bits per heavy atom. The maximum atomic E-state index is 10.8. The maximum Gasteiger partial charge on any atom is 0.375 e. The van der Waals surface area contributed by atoms with Crippen LogP contribution < -0.4 is 28.4 Å². The van der Waals surface area contributed by atoms with Crippen LogP contribution in [-0.4, -0.2) is 46.6 Å². The number of fused-ring (bicyclic) bond motifs is 5. The van der Waals surface area contributed by atoms with Crippen LogP contribution in [0, 0.1) is 17.3 Å². The molecule has 2 saturated carbocycles. The summed E-state index contributed by atoms with van der Waals surface area (Å²) in [5.41, 5.74) is 5.08. The minimum absolute atomic E-state index is 0.102. The Bertz CT molecular complexity index is 1430. The summed E-state index contributed by atoms with van der Waals surface area (Å²) >= 11 is 0. The minimum Gasteiger partial charge on any atom is -0.493 e. The Kier molecular flexibility index (Phi) is 7.73. The second-order valence-corrected chi connectivity index (χ2v) is 12.8. The summed E-state index contributed by atoms with van der Waals surface area (Å²) < 4.78 is 25.5. The van der Waals surface area contributed by atoms with E-state index in [0.29, 0.717) is 41.5 Å². The lowest BCUT2D eigenvalue weighted by molar-refractivity contribution is -0.692. The highest BCUT2D eigenvalue weighted by Gasteiger charge is 2.54. The molecule has 0 spiro atoms. The van der Waals surface area contributed by atoms with Crippen molar-refractivity contribution in [1.29, 1.82) is 0 Å². The lowest BCUT2D eigenvalue weighted by atomic mass is 9.55. The van der Waals surface area contributed by atoms with E-state index in [1.54, 1.807) is 21.3 Å². The molecule has 1 aromatic heterocycles. The van der Waals surface area contributed by atoms with Gasteiger partial charge in [-0.05, 0) is 97.1 Å². The molecule has 0 unspecified atom stereocenters. The molecule has 7 heteroatoms. The first-order valence-electron chi connectivity index (χ1n) is 15.2. The molecule has 42 heavy (non-hydrogen) atoms. The molecule has 5 atom stereocenters. The predicted octanol–water partition coefficient (Wildman–Crippen LogP) is 6.12. The van der Waals surface area contributed by atoms with Crippen LogP contribution in [0.15, 0.2) is 48.7 Å². The smallest absolute Gasteiger partial charge is 0.375 e. The number of ether oxygens (including phenoxy) is 4. The molecule has 3 aliphatic rings. The molecule has 224 valence electrons. The monoisotopic (exact) mass is 573 g/mol. The quantitative estimate of drug-likeness (QED) is 0.328. The molecule has 7 nitrogen and oxygen atoms in total. The number of aliphatic hydroxyl groups excluding tert-OH is 1. The van der Waals surface area contributed by atoms with Crippen molar-refractivity contribution in [2.45, 2.75) is 64.0 Å². The number of hydrogen-bond acceptors (Lipinski definition) is 6. The van der Waals surface area contributed by atoms with E-state index in [1.807, 2.05) is 26.2 Å². The summed E-state index contributed by atoms with van der Waals surface area (Å²) in [6.45, 7) is 2.91. The van der Waals surface area contributed by atoms with E-state index in [1.165, 1.54) is 30.4 Å². The zero-order valence-corrected chi connectivity index (χ0v) is 25.9. The standard InChI is InChI=1S/C35H45N2O5/c1-35-15-13-27-26-10-8-25(19-23(26)7-9-28(27)29(35)11-12-32(35)38)42-33-20-24(36(2)3)14-16-37(33)21-22-17-30(39-4)34(41-6)31(18-22)40-5/h8,10,14,16-20,27-29,32,38H,7,9,11-13,15,21H2,1-6H3/q+1/t27-,28-,29+,32+,35+/m1/s1. The van der Waals surface area contributed by atoms with Crippen LogP contribution in [0.2, 0.25) is 0 Å². The number of aliphatic hydroxyl groups is 1. The van der Waals surface area contributed by atoms with Gasteiger partial charge in [-0.1, -0.05) is 13.0 Å². The highest BCUT2D eigenvalue weighted by Crippen LogP contribution is 2.61. The van der Waals surface area contributed by atoms with Crippen molar-refractivity contribution in [1.82, 2.24) is 0 Å². The topological polar surface area (TPSA) is 64.3 Å². The van der Waals surface area contributed by atoms with E-state index in [-0.39, 0.29) is 11.5 Å². The Balaban J connectivity index is 1.28. The van der Waals surface area contributed by atoms with Gasteiger partial charge >= 0.3 is 5.88 Å². The van der Waals surface area contributed by atoms with E-state index in [2.05, 4.69) is 52.9 Å². The van der Waals surface area contributed by atoms with Crippen molar-refractivity contribution in [3.8, 4) is 28.9 Å². The molecule has 3 aliphatic carbocycles. The number of aryl methyl sites for hydroxylation is 1. The van der Waals surface area contributed by atoms with Gasteiger partial charge in [0, 0.05) is 25.7 Å². The third kappa shape index (κ3) is 4.96. The second-order valence-electron chi connectivity index (χ2n) is 12.8. The summed E-state index contributed by atoms with van der Waals surface area (Å²) in [5, 5.41) is 10.8. The Morgan fingerprint density at radius 1 is 0.929 bits per heavy atom. The summed E-state index contributed by atoms with van der Waals surface area (Å²) in [6.07, 6.45) is 8.62. The SMILES string of the molecule is COc1cc(C[n+]2ccc(N(C)C)cc2Oc2ccc3c(c2)CC[C@@H]2[C@@H]3CC[C@]3(C)[C@@H](O)CC[C@@H]23)cc(OC)c1OC. The second kappa shape index (κ2) is 11.3. The fraction of sp³-hybridized carbons (Fsp3) is 0.514. The van der Waals surface area contributed by atoms with Gasteiger partial charge in [0.25, 0.3) is 0 Å². The van der Waals surface area contributed by atoms with Gasteiger partial charge in [-0.25, -0.2) is 0 Å². The van der Waals surface area contributed by atoms with E-state index < -0.39 is 0 Å². The van der Waals surface area contributed by atoms with Crippen LogP contribution >= 0.6 is 0 Å². The van der Waals surface area contributed by atoms with Gasteiger partial charge in [-0.2, -0.15) is 4.57 Å². The van der Waals surface area contributed by atoms with E-state index in [9.17, 15) is 5.11 Å². The van der Waals surface area contributed by atoms with Crippen LogP contribution in [-0.2, 0) is 13.0 Å². The molecular weight excluding hydrogens is 528 g/mol. The Morgan fingerprint density at radius 3 is 2.38 bits per heavy atom. The van der Waals surface area contributed by atoms with Crippen molar-refractivity contribution in [3.63, 3.8) is 0 Å². The third-order valence-corrected chi connectivity index (χ3v) is 10.4. The Labute approximate surface area is 250 Å². The van der Waals surface area contributed by atoms with Gasteiger partial charge in [0.05, 0.1) is 39.2 Å². The predicted molar refractivity (Wildman–Crippen MR) is 163 cm³/mol. The first kappa shape index (κ1) is 28.7. The number of pyridine rings is 1. The van der Waals surface area contributed by atoms with Crippen molar-refractivity contribution in [3.05, 3.63) is 65.4 Å². The maximum absolute atomic E-state index is 10.8. The Hall–Kier alpha value is -3.45. The summed E-state index contributed by atoms with van der Waals surface area (Å²) in [7, 11) is 8.96. The molecule has 0 aliphatic heterocycles. The lowest BCUT2D eigenvalue weighted by Gasteiger charge is -2.50. The summed E-state index contributed by atoms with van der Waals surface area (Å²) in [4.78, 5) is 2.08. The largest absolute Gasteiger partial charge is 0.493 e. The van der Waals surface area contributed by atoms with Gasteiger partial charge in [0.1, 0.15) is 5.75 Å². The fourth-order valence-electron chi connectivity index (χ4n) is 8.13. The number of rotatable bonds is 8. The third-order valence-electron chi connectivity index (χ3n) is 10.4. The van der Waals surface area contributed by atoms with Crippen LogP contribution in [0.4, 0.5) is 5.69 Å². The molecule has 2 aromatic carbocycles. The molecule has 0 saturated heterocycles. The zero-order valence-electron chi connectivity index (χ0n) is 25.9. The van der Waals surface area contributed by atoms with Crippen molar-refractivity contribution in [2.24, 2.45) is 17.3 Å². The van der Waals surface area contributed by atoms with Gasteiger partial charge < -0.3 is 29.0 Å². The normalized spacial score (nSPS) is 26.1. The molecule has 0 amide bonds. The minimum atomic E-state index is -0.134. The van der Waals surface area contributed by atoms with Crippen molar-refractivity contribution >= 4 is 5.69 Å². The van der Waals surface area contributed by atoms with E-state index in [4.69, 9.17) is 18.9 Å². The van der Waals surface area contributed by atoms with E-state index >= 15 is 0 Å². The average Bonchev–Trinajstić information content (AvgIpc) is 3.30. The van der Waals surface area contributed by atoms with Gasteiger partial charge in [0.2, 0.25) is 5.75 Å². The number of benzene rings is 2. The van der Waals surface area contributed by atoms with Crippen LogP contribution in [0.3, 0.4) is 0 Å². The lowest BCUT2D eigenvalue weighted by Crippen LogP contribution is -2.43. The highest BCUT2D eigenvalue weighted by atomic mass is 16.5. The first-order valence-corrected chi connectivity index (χ1v) is 15.2. The van der Waals surface area contributed by atoms with Crippen LogP contribution in [0.25, 0.3) is 0 Å². The fourth-order valence-corrected chi connectivity index (χ4v) is 8.13. The van der Waals surface area contributed by atoms with Crippen LogP contribution in [0.5, 0.6) is 28.9 Å². The van der Waals surface area contributed by atoms with Gasteiger partial charge in [0.15, 0.2) is 24.2 Å². The molecular formula is C35H45N2O5+. The van der Waals surface area contributed by atoms with Crippen molar-refractivity contribution in [2.75, 3.05) is 40.3 Å². The average molecular weight is 574 g/mol. The molecule has 0 radical (unpaired) electrons. The first-order chi connectivity index (χ1) is 20.2. The number of methoxy groups -OCH3 is 3. The number of anilines is 1. The number of aromatic nitrogens is 1. The van der Waals surface area contributed by atoms with Crippen molar-refractivity contribution < 1.29 is 28.6 Å². The molecule has 1 heterocycles. The molecule has 6 rings (SSSR count). The summed E-state index contributed by atoms with van der Waals surface area (Å²) in [6, 6.07) is 14.8. The number of hydrogen-bond donors (Lipinski definition) is 1. The van der Waals surface area contributed by atoms with Gasteiger partial charge in [-0.15, -0.1) is 0 Å². The molecule has 2 fully saturated rings. The van der Waals surface area contributed by atoms with Crippen LogP contribution in [0.1, 0.15) is 61.6 Å². The van der Waals surface area contributed by atoms with E-state index in [0.717, 1.165) is 42.1 Å². The molecule has 1 N–H and O–H groups in total. The zero-order chi connectivity index (χ0) is 29.6. The van der Waals surface area contributed by atoms with Gasteiger partial charge in [-0.3, -0.25) is 0 Å². The highest BCUT2D eigenvalue weighted by molar-refractivity contribution is 5.54. The molecule has 3 aromatic rings. The summed E-state index contributed by atoms with van der Waals surface area (Å²) in [5.74, 6) is 5.36. The number of nitrogens with zero attached hydrogens (tertiary/aromatic N) is 2. The molecule has 0 bridgehead atoms.